The van der Waals surface area contributed by atoms with Crippen molar-refractivity contribution in [2.24, 2.45) is 0 Å². The molecule has 0 aliphatic carbocycles. The first-order valence-corrected chi connectivity index (χ1v) is 4.29. The van der Waals surface area contributed by atoms with Gasteiger partial charge in [-0.25, -0.2) is 13.8 Å². The molecule has 0 saturated heterocycles. The van der Waals surface area contributed by atoms with Crippen molar-refractivity contribution in [3.8, 4) is 6.07 Å². The molecule has 0 unspecified atom stereocenters. The van der Waals surface area contributed by atoms with Crippen LogP contribution in [-0.2, 0) is 0 Å². The Labute approximate surface area is 90.6 Å². The first-order chi connectivity index (χ1) is 6.97. The van der Waals surface area contributed by atoms with E-state index in [1.165, 1.54) is 6.07 Å². The van der Waals surface area contributed by atoms with Crippen LogP contribution in [0.3, 0.4) is 0 Å². The van der Waals surface area contributed by atoms with Crippen LogP contribution in [0.2, 0.25) is 0 Å². The fourth-order valence-electron chi connectivity index (χ4n) is 0.870. The van der Waals surface area contributed by atoms with Crippen LogP contribution in [0.4, 0.5) is 14.5 Å². The average Bonchev–Trinajstić information content (AvgIpc) is 2.17. The lowest BCUT2D eigenvalue weighted by molar-refractivity contribution is -0.385. The van der Waals surface area contributed by atoms with E-state index in [-0.39, 0.29) is 0 Å². The molecule has 0 N–H and O–H groups in total. The van der Waals surface area contributed by atoms with Crippen LogP contribution in [0.15, 0.2) is 10.5 Å². The predicted molar refractivity (Wildman–Crippen MR) is 48.3 cm³/mol. The number of nitrogens with zero attached hydrogens (tertiary/aromatic N) is 3. The lowest BCUT2D eigenvalue weighted by atomic mass is 10.2. The second-order valence-corrected chi connectivity index (χ2v) is 3.19. The third-order valence-corrected chi connectivity index (χ3v) is 2.29. The number of aromatic nitrogens is 1. The normalized spacial score (nSPS) is 10.1. The van der Waals surface area contributed by atoms with Gasteiger partial charge >= 0.3 is 0 Å². The van der Waals surface area contributed by atoms with Gasteiger partial charge in [0.2, 0.25) is 0 Å². The summed E-state index contributed by atoms with van der Waals surface area (Å²) in [6, 6.07) is 2.30. The molecule has 78 valence electrons. The van der Waals surface area contributed by atoms with Gasteiger partial charge < -0.3 is 0 Å². The highest BCUT2D eigenvalue weighted by Crippen LogP contribution is 2.33. The van der Waals surface area contributed by atoms with Crippen molar-refractivity contribution in [2.45, 2.75) is 6.43 Å². The van der Waals surface area contributed by atoms with Gasteiger partial charge in [-0.1, -0.05) is 0 Å². The maximum absolute atomic E-state index is 12.4. The molecule has 0 amide bonds. The summed E-state index contributed by atoms with van der Waals surface area (Å²) < 4.78 is 24.3. The van der Waals surface area contributed by atoms with Gasteiger partial charge in [0.1, 0.15) is 21.9 Å². The van der Waals surface area contributed by atoms with E-state index >= 15 is 0 Å². The van der Waals surface area contributed by atoms with Crippen molar-refractivity contribution in [3.05, 3.63) is 32.0 Å². The molecule has 0 bridgehead atoms. The number of nitriles is 1. The highest BCUT2D eigenvalue weighted by Gasteiger charge is 2.24. The molecule has 1 aromatic rings. The van der Waals surface area contributed by atoms with Crippen LogP contribution in [0.25, 0.3) is 0 Å². The molecular weight excluding hydrogens is 276 g/mol. The van der Waals surface area contributed by atoms with E-state index in [0.29, 0.717) is 0 Å². The molecule has 0 aromatic carbocycles. The number of nitro groups is 1. The Bertz CT molecular complexity index is 458. The fourth-order valence-corrected chi connectivity index (χ4v) is 1.39. The summed E-state index contributed by atoms with van der Waals surface area (Å²) in [7, 11) is 0. The summed E-state index contributed by atoms with van der Waals surface area (Å²) in [4.78, 5) is 12.9. The Morgan fingerprint density at radius 3 is 2.67 bits per heavy atom. The predicted octanol–water partition coefficient (Wildman–Crippen LogP) is 2.56. The van der Waals surface area contributed by atoms with E-state index in [2.05, 4.69) is 20.9 Å². The molecule has 0 radical (unpaired) electrons. The molecule has 0 aliphatic heterocycles. The van der Waals surface area contributed by atoms with Crippen molar-refractivity contribution in [2.75, 3.05) is 0 Å². The highest BCUT2D eigenvalue weighted by atomic mass is 79.9. The quantitative estimate of drug-likeness (QED) is 0.615. The lowest BCUT2D eigenvalue weighted by Gasteiger charge is -2.03. The number of pyridine rings is 1. The second kappa shape index (κ2) is 4.27. The molecule has 1 aromatic heterocycles. The topological polar surface area (TPSA) is 79.8 Å². The van der Waals surface area contributed by atoms with E-state index in [9.17, 15) is 18.9 Å². The van der Waals surface area contributed by atoms with Gasteiger partial charge in [0.05, 0.1) is 11.0 Å². The highest BCUT2D eigenvalue weighted by molar-refractivity contribution is 9.10. The minimum absolute atomic E-state index is 0.401. The van der Waals surface area contributed by atoms with Crippen LogP contribution in [0.5, 0.6) is 0 Å². The van der Waals surface area contributed by atoms with Crippen LogP contribution in [-0.4, -0.2) is 9.91 Å². The molecule has 0 atom stereocenters. The van der Waals surface area contributed by atoms with E-state index in [1.54, 1.807) is 0 Å². The molecule has 0 aliphatic rings. The molecule has 0 spiro atoms. The number of alkyl halides is 2. The third-order valence-electron chi connectivity index (χ3n) is 1.48. The minimum Gasteiger partial charge on any atom is -0.258 e. The van der Waals surface area contributed by atoms with Crippen LogP contribution >= 0.6 is 15.9 Å². The van der Waals surface area contributed by atoms with Crippen LogP contribution < -0.4 is 0 Å². The smallest absolute Gasteiger partial charge is 0.258 e. The molecular formula is C7H2BrF2N3O2. The SMILES string of the molecule is N#Cc1cc([N+](=O)[O-])c(Br)c(C(F)F)n1. The number of rotatable bonds is 2. The summed E-state index contributed by atoms with van der Waals surface area (Å²) in [5.41, 5.74) is -1.82. The van der Waals surface area contributed by atoms with Crippen molar-refractivity contribution in [1.29, 1.82) is 5.26 Å². The van der Waals surface area contributed by atoms with E-state index in [4.69, 9.17) is 5.26 Å². The van der Waals surface area contributed by atoms with Crippen molar-refractivity contribution < 1.29 is 13.7 Å². The standard InChI is InChI=1S/C7H2BrF2N3O2/c8-5-4(13(14)15)1-3(2-11)12-6(5)7(9)10/h1,7H. The van der Waals surface area contributed by atoms with Gasteiger partial charge in [-0.3, -0.25) is 10.1 Å². The molecule has 8 heteroatoms. The largest absolute Gasteiger partial charge is 0.288 e. The van der Waals surface area contributed by atoms with Crippen LogP contribution in [0, 0.1) is 21.4 Å². The maximum atomic E-state index is 12.4. The third kappa shape index (κ3) is 2.24. The first kappa shape index (κ1) is 11.5. The Balaban J connectivity index is 3.49. The summed E-state index contributed by atoms with van der Waals surface area (Å²) in [5.74, 6) is 0. The summed E-state index contributed by atoms with van der Waals surface area (Å²) in [5, 5.41) is 18.9. The molecule has 1 rings (SSSR count). The first-order valence-electron chi connectivity index (χ1n) is 3.50. The second-order valence-electron chi connectivity index (χ2n) is 2.40. The Morgan fingerprint density at radius 2 is 2.27 bits per heavy atom. The number of halogens is 3. The Morgan fingerprint density at radius 1 is 1.67 bits per heavy atom. The van der Waals surface area contributed by atoms with Crippen LogP contribution in [0.1, 0.15) is 17.8 Å². The van der Waals surface area contributed by atoms with Gasteiger partial charge in [0, 0.05) is 0 Å². The molecule has 15 heavy (non-hydrogen) atoms. The van der Waals surface area contributed by atoms with Gasteiger partial charge in [0.15, 0.2) is 0 Å². The zero-order valence-electron chi connectivity index (χ0n) is 6.95. The minimum atomic E-state index is -2.98. The molecule has 0 fully saturated rings. The number of hydrogen-bond donors (Lipinski definition) is 0. The van der Waals surface area contributed by atoms with Gasteiger partial charge in [0.25, 0.3) is 12.1 Å². The van der Waals surface area contributed by atoms with Crippen molar-refractivity contribution in [3.63, 3.8) is 0 Å². The molecule has 1 heterocycles. The monoisotopic (exact) mass is 277 g/mol. The van der Waals surface area contributed by atoms with Gasteiger partial charge in [-0.2, -0.15) is 5.26 Å². The lowest BCUT2D eigenvalue weighted by Crippen LogP contribution is -2.00. The fraction of sp³-hybridized carbons (Fsp3) is 0.143. The summed E-state index contributed by atoms with van der Waals surface area (Å²) in [6.07, 6.45) is -2.98. The van der Waals surface area contributed by atoms with Crippen molar-refractivity contribution in [1.82, 2.24) is 4.98 Å². The molecule has 5 nitrogen and oxygen atoms in total. The van der Waals surface area contributed by atoms with Gasteiger partial charge in [-0.05, 0) is 15.9 Å². The number of hydrogen-bond acceptors (Lipinski definition) is 4. The summed E-state index contributed by atoms with van der Waals surface area (Å²) in [6.45, 7) is 0. The maximum Gasteiger partial charge on any atom is 0.288 e. The van der Waals surface area contributed by atoms with Crippen molar-refractivity contribution >= 4 is 21.6 Å². The average molecular weight is 278 g/mol. The van der Waals surface area contributed by atoms with Gasteiger partial charge in [-0.15, -0.1) is 0 Å². The zero-order chi connectivity index (χ0) is 11.6. The Hall–Kier alpha value is -1.62. The van der Waals surface area contributed by atoms with E-state index in [1.807, 2.05) is 0 Å². The molecule has 0 saturated carbocycles. The Kier molecular flexibility index (Phi) is 3.26. The zero-order valence-corrected chi connectivity index (χ0v) is 8.53. The summed E-state index contributed by atoms with van der Waals surface area (Å²) >= 11 is 2.65. The van der Waals surface area contributed by atoms with E-state index in [0.717, 1.165) is 6.07 Å². The van der Waals surface area contributed by atoms with E-state index < -0.39 is 32.9 Å².